The average Bonchev–Trinajstić information content (AvgIpc) is 3.38. The van der Waals surface area contributed by atoms with Gasteiger partial charge in [-0.2, -0.15) is 0 Å². The van der Waals surface area contributed by atoms with E-state index in [4.69, 9.17) is 4.42 Å². The van der Waals surface area contributed by atoms with Gasteiger partial charge in [-0.15, -0.1) is 0 Å². The third kappa shape index (κ3) is 3.66. The summed E-state index contributed by atoms with van der Waals surface area (Å²) in [5, 5.41) is 2.83. The van der Waals surface area contributed by atoms with Gasteiger partial charge in [0.25, 0.3) is 0 Å². The maximum atomic E-state index is 14.0. The van der Waals surface area contributed by atoms with Crippen molar-refractivity contribution in [3.05, 3.63) is 78.6 Å². The number of oxazole rings is 1. The topological polar surface area (TPSA) is 75.4 Å². The summed E-state index contributed by atoms with van der Waals surface area (Å²) in [6.45, 7) is 0.145. The van der Waals surface area contributed by atoms with E-state index in [2.05, 4.69) is 10.3 Å². The number of benzene rings is 3. The highest BCUT2D eigenvalue weighted by molar-refractivity contribution is 6.03. The van der Waals surface area contributed by atoms with Crippen molar-refractivity contribution in [3.63, 3.8) is 0 Å². The van der Waals surface area contributed by atoms with E-state index >= 15 is 0 Å². The van der Waals surface area contributed by atoms with Gasteiger partial charge in [-0.05, 0) is 48.5 Å². The minimum Gasteiger partial charge on any atom is -0.436 e. The normalized spacial score (nSPS) is 16.1. The summed E-state index contributed by atoms with van der Waals surface area (Å²) >= 11 is 0. The quantitative estimate of drug-likeness (QED) is 0.528. The van der Waals surface area contributed by atoms with E-state index in [1.165, 1.54) is 11.0 Å². The molecule has 1 unspecified atom stereocenters. The average molecular weight is 415 g/mol. The molecule has 0 saturated carbocycles. The first-order valence-electron chi connectivity index (χ1n) is 9.90. The van der Waals surface area contributed by atoms with Gasteiger partial charge < -0.3 is 14.6 Å². The van der Waals surface area contributed by atoms with E-state index in [9.17, 15) is 14.0 Å². The zero-order valence-electron chi connectivity index (χ0n) is 16.4. The molecule has 2 heterocycles. The van der Waals surface area contributed by atoms with E-state index in [1.807, 2.05) is 36.4 Å². The Morgan fingerprint density at radius 2 is 1.77 bits per heavy atom. The molecule has 7 heteroatoms. The summed E-state index contributed by atoms with van der Waals surface area (Å²) in [6.07, 6.45) is 0.0428. The minimum atomic E-state index is -0.552. The molecule has 1 atom stereocenters. The monoisotopic (exact) mass is 415 g/mol. The predicted molar refractivity (Wildman–Crippen MR) is 115 cm³/mol. The van der Waals surface area contributed by atoms with E-state index in [-0.39, 0.29) is 30.5 Å². The molecule has 0 bridgehead atoms. The summed E-state index contributed by atoms with van der Waals surface area (Å²) in [5.74, 6) is -1.07. The van der Waals surface area contributed by atoms with E-state index < -0.39 is 11.7 Å². The molecular weight excluding hydrogens is 397 g/mol. The van der Waals surface area contributed by atoms with E-state index in [0.717, 1.165) is 11.1 Å². The smallest absolute Gasteiger partial charge is 0.229 e. The summed E-state index contributed by atoms with van der Waals surface area (Å²) in [5.41, 5.74) is 3.07. The lowest BCUT2D eigenvalue weighted by Crippen LogP contribution is -2.28. The maximum absolute atomic E-state index is 14.0. The van der Waals surface area contributed by atoms with Crippen LogP contribution in [0.1, 0.15) is 6.42 Å². The third-order valence-electron chi connectivity index (χ3n) is 5.33. The second-order valence-electron chi connectivity index (χ2n) is 7.41. The van der Waals surface area contributed by atoms with Crippen LogP contribution in [0.25, 0.3) is 22.6 Å². The van der Waals surface area contributed by atoms with E-state index in [1.54, 1.807) is 30.3 Å². The number of aromatic nitrogens is 1. The lowest BCUT2D eigenvalue weighted by molar-refractivity contribution is -0.122. The Hall–Kier alpha value is -4.00. The molecule has 2 amide bonds. The Bertz CT molecular complexity index is 1250. The molecule has 1 saturated heterocycles. The van der Waals surface area contributed by atoms with Crippen LogP contribution in [0.4, 0.5) is 15.8 Å². The Morgan fingerprint density at radius 3 is 2.55 bits per heavy atom. The van der Waals surface area contributed by atoms with Gasteiger partial charge in [0.15, 0.2) is 5.58 Å². The molecule has 1 aliphatic rings. The molecule has 3 aromatic carbocycles. The minimum absolute atomic E-state index is 0.0428. The molecule has 0 spiro atoms. The van der Waals surface area contributed by atoms with Crippen LogP contribution in [-0.2, 0) is 9.59 Å². The lowest BCUT2D eigenvalue weighted by atomic mass is 10.1. The summed E-state index contributed by atoms with van der Waals surface area (Å²) in [6, 6.07) is 20.7. The Kier molecular flexibility index (Phi) is 4.71. The summed E-state index contributed by atoms with van der Waals surface area (Å²) < 4.78 is 19.8. The number of halogens is 1. The number of anilines is 2. The van der Waals surface area contributed by atoms with Crippen molar-refractivity contribution in [3.8, 4) is 11.5 Å². The predicted octanol–water partition coefficient (Wildman–Crippen LogP) is 4.63. The van der Waals surface area contributed by atoms with Crippen LogP contribution < -0.4 is 10.2 Å². The number of para-hydroxylation sites is 3. The van der Waals surface area contributed by atoms with Crippen molar-refractivity contribution >= 4 is 34.3 Å². The van der Waals surface area contributed by atoms with Crippen LogP contribution in [0.2, 0.25) is 0 Å². The van der Waals surface area contributed by atoms with Gasteiger partial charge in [-0.25, -0.2) is 9.37 Å². The molecule has 0 aliphatic carbocycles. The van der Waals surface area contributed by atoms with Crippen molar-refractivity contribution in [1.82, 2.24) is 4.98 Å². The van der Waals surface area contributed by atoms with Gasteiger partial charge in [0, 0.05) is 24.2 Å². The number of fused-ring (bicyclic) bond motifs is 1. The molecule has 154 valence electrons. The highest BCUT2D eigenvalue weighted by Crippen LogP contribution is 2.29. The second-order valence-corrected chi connectivity index (χ2v) is 7.41. The van der Waals surface area contributed by atoms with Crippen molar-refractivity contribution in [2.24, 2.45) is 5.92 Å². The molecule has 1 N–H and O–H groups in total. The van der Waals surface area contributed by atoms with Crippen LogP contribution >= 0.6 is 0 Å². The van der Waals surface area contributed by atoms with Crippen LogP contribution in [0.15, 0.2) is 77.2 Å². The van der Waals surface area contributed by atoms with Crippen LogP contribution in [0.3, 0.4) is 0 Å². The van der Waals surface area contributed by atoms with Crippen molar-refractivity contribution < 1.29 is 18.4 Å². The molecular formula is C24H18FN3O3. The number of nitrogens with zero attached hydrogens (tertiary/aromatic N) is 2. The molecule has 5 rings (SSSR count). The van der Waals surface area contributed by atoms with Crippen molar-refractivity contribution in [1.29, 1.82) is 0 Å². The van der Waals surface area contributed by atoms with Crippen LogP contribution in [0.5, 0.6) is 0 Å². The standard InChI is InChI=1S/C24H18FN3O3/c25-18-5-1-3-7-20(18)28-14-16(13-22(28)29)23(30)26-17-11-9-15(10-12-17)24-27-19-6-2-4-8-21(19)31-24/h1-12,16H,13-14H2,(H,26,30). The summed E-state index contributed by atoms with van der Waals surface area (Å²) in [7, 11) is 0. The number of nitrogens with one attached hydrogen (secondary N) is 1. The van der Waals surface area contributed by atoms with Gasteiger partial charge in [0.05, 0.1) is 11.6 Å². The molecule has 0 radical (unpaired) electrons. The van der Waals surface area contributed by atoms with Gasteiger partial charge in [-0.1, -0.05) is 24.3 Å². The number of carbonyl (C=O) groups is 2. The molecule has 1 aliphatic heterocycles. The summed E-state index contributed by atoms with van der Waals surface area (Å²) in [4.78, 5) is 30.8. The number of carbonyl (C=O) groups excluding carboxylic acids is 2. The van der Waals surface area contributed by atoms with Crippen molar-refractivity contribution in [2.45, 2.75) is 6.42 Å². The van der Waals surface area contributed by atoms with Crippen molar-refractivity contribution in [2.75, 3.05) is 16.8 Å². The number of amides is 2. The number of hydrogen-bond donors (Lipinski definition) is 1. The van der Waals surface area contributed by atoms with E-state index in [0.29, 0.717) is 17.2 Å². The fourth-order valence-corrected chi connectivity index (χ4v) is 3.72. The first-order chi connectivity index (χ1) is 15.1. The molecule has 31 heavy (non-hydrogen) atoms. The van der Waals surface area contributed by atoms with Gasteiger partial charge >= 0.3 is 0 Å². The fourth-order valence-electron chi connectivity index (χ4n) is 3.72. The zero-order chi connectivity index (χ0) is 21.4. The van der Waals surface area contributed by atoms with Crippen LogP contribution in [0, 0.1) is 11.7 Å². The number of rotatable bonds is 4. The second kappa shape index (κ2) is 7.68. The lowest BCUT2D eigenvalue weighted by Gasteiger charge is -2.17. The first-order valence-corrected chi connectivity index (χ1v) is 9.90. The zero-order valence-corrected chi connectivity index (χ0v) is 16.4. The highest BCUT2D eigenvalue weighted by Gasteiger charge is 2.36. The Labute approximate surface area is 177 Å². The van der Waals surface area contributed by atoms with Crippen LogP contribution in [-0.4, -0.2) is 23.3 Å². The maximum Gasteiger partial charge on any atom is 0.229 e. The van der Waals surface area contributed by atoms with Gasteiger partial charge in [0.2, 0.25) is 17.7 Å². The third-order valence-corrected chi connectivity index (χ3v) is 5.33. The fraction of sp³-hybridized carbons (Fsp3) is 0.125. The SMILES string of the molecule is O=C(Nc1ccc(-c2nc3ccccc3o2)cc1)C1CC(=O)N(c2ccccc2F)C1. The van der Waals surface area contributed by atoms with Gasteiger partial charge in [-0.3, -0.25) is 9.59 Å². The van der Waals surface area contributed by atoms with Gasteiger partial charge in [0.1, 0.15) is 11.3 Å². The Morgan fingerprint density at radius 1 is 1.03 bits per heavy atom. The molecule has 6 nitrogen and oxygen atoms in total. The number of hydrogen-bond acceptors (Lipinski definition) is 4. The molecule has 1 aromatic heterocycles. The Balaban J connectivity index is 1.27. The molecule has 1 fully saturated rings. The highest BCUT2D eigenvalue weighted by atomic mass is 19.1. The largest absolute Gasteiger partial charge is 0.436 e. The molecule has 4 aromatic rings. The first kappa shape index (κ1) is 19.0.